The molecule has 2 saturated carbocycles. The van der Waals surface area contributed by atoms with Crippen molar-refractivity contribution in [3.8, 4) is 0 Å². The monoisotopic (exact) mass is 463 g/mol. The highest BCUT2D eigenvalue weighted by molar-refractivity contribution is 5.93. The normalized spacial score (nSPS) is 21.6. The van der Waals surface area contributed by atoms with Crippen LogP contribution in [0.1, 0.15) is 72.1 Å². The number of carbonyl (C=O) groups excluding carboxylic acids is 2. The Bertz CT molecular complexity index is 1210. The second-order valence-electron chi connectivity index (χ2n) is 10.0. The number of amides is 2. The number of piperidine rings is 1. The predicted molar refractivity (Wildman–Crippen MR) is 121 cm³/mol. The number of rotatable bonds is 8. The van der Waals surface area contributed by atoms with E-state index in [-0.39, 0.29) is 29.5 Å². The van der Waals surface area contributed by atoms with Crippen LogP contribution < -0.4 is 10.6 Å². The number of imidazole rings is 1. The molecule has 0 radical (unpaired) electrons. The van der Waals surface area contributed by atoms with Crippen LogP contribution in [-0.4, -0.2) is 43.3 Å². The highest BCUT2D eigenvalue weighted by Crippen LogP contribution is 2.54. The molecule has 0 bridgehead atoms. The molecule has 4 heterocycles. The van der Waals surface area contributed by atoms with E-state index < -0.39 is 0 Å². The molecule has 6 rings (SSSR count). The van der Waals surface area contributed by atoms with Gasteiger partial charge in [-0.05, 0) is 80.5 Å². The fourth-order valence-electron chi connectivity index (χ4n) is 5.39. The van der Waals surface area contributed by atoms with Gasteiger partial charge in [-0.3, -0.25) is 9.59 Å². The Labute approximate surface area is 196 Å². The Hall–Kier alpha value is -3.30. The number of hydrogen-bond donors (Lipinski definition) is 2. The van der Waals surface area contributed by atoms with Crippen molar-refractivity contribution >= 4 is 17.5 Å². The first-order valence-corrected chi connectivity index (χ1v) is 12.3. The zero-order valence-electron chi connectivity index (χ0n) is 19.2. The van der Waals surface area contributed by atoms with Crippen LogP contribution in [0.25, 0.3) is 5.65 Å². The molecule has 1 saturated heterocycles. The highest BCUT2D eigenvalue weighted by Gasteiger charge is 2.47. The molecular formula is C24H29N7O3. The second-order valence-corrected chi connectivity index (χ2v) is 10.0. The minimum Gasteiger partial charge on any atom is -0.356 e. The third kappa shape index (κ3) is 4.17. The summed E-state index contributed by atoms with van der Waals surface area (Å²) in [5.74, 6) is 1.34. The minimum absolute atomic E-state index is 0.0397. The lowest BCUT2D eigenvalue weighted by atomic mass is 9.87. The highest BCUT2D eigenvalue weighted by atomic mass is 16.6. The summed E-state index contributed by atoms with van der Waals surface area (Å²) in [5, 5.41) is 18.4. The van der Waals surface area contributed by atoms with Gasteiger partial charge in [-0.1, -0.05) is 5.16 Å². The third-order valence-corrected chi connectivity index (χ3v) is 7.44. The molecule has 178 valence electrons. The lowest BCUT2D eigenvalue weighted by Gasteiger charge is -2.26. The van der Waals surface area contributed by atoms with Crippen molar-refractivity contribution in [3.63, 3.8) is 0 Å². The molecule has 3 fully saturated rings. The number of aryl methyl sites for hydroxylation is 1. The zero-order valence-corrected chi connectivity index (χ0v) is 19.2. The zero-order chi connectivity index (χ0) is 23.2. The topological polar surface area (TPSA) is 127 Å². The number of nitrogens with one attached hydrogen (secondary N) is 2. The van der Waals surface area contributed by atoms with E-state index in [1.54, 1.807) is 11.4 Å². The van der Waals surface area contributed by atoms with Crippen LogP contribution in [0.5, 0.6) is 0 Å². The third-order valence-electron chi connectivity index (χ3n) is 7.44. The minimum atomic E-state index is -0.288. The van der Waals surface area contributed by atoms with Gasteiger partial charge in [0.05, 0.1) is 23.6 Å². The molecule has 10 nitrogen and oxygen atoms in total. The van der Waals surface area contributed by atoms with E-state index in [0.29, 0.717) is 29.9 Å². The van der Waals surface area contributed by atoms with Gasteiger partial charge in [0, 0.05) is 18.9 Å². The lowest BCUT2D eigenvalue weighted by molar-refractivity contribution is -0.126. The van der Waals surface area contributed by atoms with Crippen molar-refractivity contribution in [1.82, 2.24) is 35.5 Å². The van der Waals surface area contributed by atoms with Crippen molar-refractivity contribution in [2.24, 2.45) is 23.7 Å². The molecule has 0 aromatic carbocycles. The summed E-state index contributed by atoms with van der Waals surface area (Å²) in [6.45, 7) is 2.47. The van der Waals surface area contributed by atoms with Crippen molar-refractivity contribution < 1.29 is 14.2 Å². The molecule has 2 N–H and O–H groups in total. The van der Waals surface area contributed by atoms with Crippen LogP contribution in [0.3, 0.4) is 0 Å². The maximum absolute atomic E-state index is 13.1. The van der Waals surface area contributed by atoms with Crippen LogP contribution in [0.15, 0.2) is 23.0 Å². The fraction of sp³-hybridized carbons (Fsp3) is 0.583. The van der Waals surface area contributed by atoms with Gasteiger partial charge in [0.25, 0.3) is 5.91 Å². The molecule has 2 aliphatic carbocycles. The summed E-state index contributed by atoms with van der Waals surface area (Å²) in [6.07, 6.45) is 9.19. The Morgan fingerprint density at radius 1 is 1.21 bits per heavy atom. The van der Waals surface area contributed by atoms with Gasteiger partial charge in [-0.2, -0.15) is 5.10 Å². The molecule has 2 atom stereocenters. The second kappa shape index (κ2) is 8.48. The van der Waals surface area contributed by atoms with E-state index >= 15 is 0 Å². The van der Waals surface area contributed by atoms with E-state index in [4.69, 9.17) is 14.7 Å². The quantitative estimate of drug-likeness (QED) is 0.525. The summed E-state index contributed by atoms with van der Waals surface area (Å²) in [6, 6.07) is 3.67. The SMILES string of the molecule is Cc1nonc1C(=O)N[C@H](c1cn2nc(CC3CCCNC3=O)ccc2n1)C(C1CC1)C1CC1. The van der Waals surface area contributed by atoms with Crippen molar-refractivity contribution in [3.05, 3.63) is 41.1 Å². The average molecular weight is 464 g/mol. The molecule has 1 aliphatic heterocycles. The van der Waals surface area contributed by atoms with E-state index in [0.717, 1.165) is 36.4 Å². The number of hydrogen-bond acceptors (Lipinski definition) is 7. The number of aromatic nitrogens is 5. The van der Waals surface area contributed by atoms with Gasteiger partial charge in [0.15, 0.2) is 11.3 Å². The number of carbonyl (C=O) groups is 2. The molecule has 1 unspecified atom stereocenters. The Balaban J connectivity index is 1.30. The Morgan fingerprint density at radius 3 is 2.68 bits per heavy atom. The van der Waals surface area contributed by atoms with E-state index in [1.807, 2.05) is 18.3 Å². The molecule has 0 spiro atoms. The van der Waals surface area contributed by atoms with Gasteiger partial charge in [0.1, 0.15) is 5.69 Å². The number of nitrogens with zero attached hydrogens (tertiary/aromatic N) is 5. The largest absolute Gasteiger partial charge is 0.356 e. The van der Waals surface area contributed by atoms with Gasteiger partial charge in [-0.25, -0.2) is 14.1 Å². The van der Waals surface area contributed by atoms with Gasteiger partial charge in [-0.15, -0.1) is 0 Å². The summed E-state index contributed by atoms with van der Waals surface area (Å²) in [4.78, 5) is 30.1. The van der Waals surface area contributed by atoms with Gasteiger partial charge in [0.2, 0.25) is 5.91 Å². The number of fused-ring (bicyclic) bond motifs is 1. The molecular weight excluding hydrogens is 434 g/mol. The van der Waals surface area contributed by atoms with Gasteiger partial charge >= 0.3 is 0 Å². The Morgan fingerprint density at radius 2 is 2.00 bits per heavy atom. The van der Waals surface area contributed by atoms with E-state index in [1.165, 1.54) is 25.7 Å². The summed E-state index contributed by atoms with van der Waals surface area (Å²) < 4.78 is 6.53. The van der Waals surface area contributed by atoms with Crippen LogP contribution in [0.2, 0.25) is 0 Å². The van der Waals surface area contributed by atoms with Crippen molar-refractivity contribution in [1.29, 1.82) is 0 Å². The van der Waals surface area contributed by atoms with Crippen molar-refractivity contribution in [2.75, 3.05) is 6.54 Å². The average Bonchev–Trinajstić information content (AvgIpc) is 3.76. The lowest BCUT2D eigenvalue weighted by Crippen LogP contribution is -2.37. The Kier molecular flexibility index (Phi) is 5.30. The molecule has 3 aliphatic rings. The molecule has 3 aromatic rings. The maximum atomic E-state index is 13.1. The molecule has 10 heteroatoms. The fourth-order valence-corrected chi connectivity index (χ4v) is 5.39. The smallest absolute Gasteiger partial charge is 0.276 e. The van der Waals surface area contributed by atoms with E-state index in [9.17, 15) is 9.59 Å². The first-order valence-electron chi connectivity index (χ1n) is 12.3. The first-order chi connectivity index (χ1) is 16.6. The predicted octanol–water partition coefficient (Wildman–Crippen LogP) is 2.40. The standard InChI is InChI=1S/C24H29N7O3/c1-13-21(30-34-29-13)24(33)27-22(20(14-4-5-14)15-6-7-15)18-12-31-19(26-18)9-8-17(28-31)11-16-3-2-10-25-23(16)32/h8-9,12,14-16,20,22H,2-7,10-11H2,1H3,(H,25,32)(H,27,33)/t16?,22-/m1/s1. The summed E-state index contributed by atoms with van der Waals surface area (Å²) in [7, 11) is 0. The first kappa shape index (κ1) is 21.2. The van der Waals surface area contributed by atoms with Crippen LogP contribution in [0, 0.1) is 30.6 Å². The molecule has 34 heavy (non-hydrogen) atoms. The van der Waals surface area contributed by atoms with Crippen LogP contribution in [-0.2, 0) is 11.2 Å². The summed E-state index contributed by atoms with van der Waals surface area (Å²) in [5.41, 5.74) is 3.09. The molecule has 3 aromatic heterocycles. The van der Waals surface area contributed by atoms with Gasteiger partial charge < -0.3 is 10.6 Å². The van der Waals surface area contributed by atoms with E-state index in [2.05, 4.69) is 20.9 Å². The van der Waals surface area contributed by atoms with Crippen LogP contribution >= 0.6 is 0 Å². The summed E-state index contributed by atoms with van der Waals surface area (Å²) >= 11 is 0. The maximum Gasteiger partial charge on any atom is 0.276 e. The molecule has 2 amide bonds. The van der Waals surface area contributed by atoms with Crippen LogP contribution in [0.4, 0.5) is 0 Å². The van der Waals surface area contributed by atoms with Crippen molar-refractivity contribution in [2.45, 2.75) is 57.9 Å².